The van der Waals surface area contributed by atoms with Gasteiger partial charge in [0.1, 0.15) is 0 Å². The molecule has 0 fully saturated rings. The average Bonchev–Trinajstić information content (AvgIpc) is 2.92. The second kappa shape index (κ2) is 7.03. The smallest absolute Gasteiger partial charge is 0.344 e. The highest BCUT2D eigenvalue weighted by atomic mass is 32.2. The number of hydrogen-bond acceptors (Lipinski definition) is 5. The van der Waals surface area contributed by atoms with Crippen LogP contribution in [-0.4, -0.2) is 30.1 Å². The van der Waals surface area contributed by atoms with E-state index in [9.17, 15) is 9.59 Å². The van der Waals surface area contributed by atoms with Crippen molar-refractivity contribution in [3.05, 3.63) is 58.5 Å². The minimum atomic E-state index is -1.06. The van der Waals surface area contributed by atoms with E-state index in [1.54, 1.807) is 24.3 Å². The third-order valence-corrected chi connectivity index (χ3v) is 4.81. The fourth-order valence-electron chi connectivity index (χ4n) is 2.40. The number of carboxylic acids is 1. The number of benzene rings is 2. The van der Waals surface area contributed by atoms with Crippen molar-refractivity contribution in [3.8, 4) is 11.5 Å². The van der Waals surface area contributed by atoms with Crippen LogP contribution >= 0.6 is 11.8 Å². The summed E-state index contributed by atoms with van der Waals surface area (Å²) in [4.78, 5) is 24.9. The molecule has 0 spiro atoms. The van der Waals surface area contributed by atoms with E-state index in [0.29, 0.717) is 22.0 Å². The summed E-state index contributed by atoms with van der Waals surface area (Å²) in [5.41, 5.74) is 1.48. The summed E-state index contributed by atoms with van der Waals surface area (Å²) in [7, 11) is 1.48. The number of carbonyl (C=O) groups is 2. The van der Waals surface area contributed by atoms with Crippen molar-refractivity contribution in [3.63, 3.8) is 0 Å². The number of ketones is 1. The van der Waals surface area contributed by atoms with Crippen LogP contribution in [0.4, 0.5) is 0 Å². The lowest BCUT2D eigenvalue weighted by molar-refractivity contribution is -0.144. The largest absolute Gasteiger partial charge is 0.493 e. The second-order valence-corrected chi connectivity index (χ2v) is 6.53. The average molecular weight is 356 g/mol. The summed E-state index contributed by atoms with van der Waals surface area (Å²) >= 11 is 1.43. The maximum Gasteiger partial charge on any atom is 0.344 e. The molecule has 0 aromatic heterocycles. The standard InChI is InChI=1S/C19H16O5S/c1-11(19(21)22)24-14-8-7-12(9-15(14)23-2)10-17-18(20)13-5-3-4-6-16(13)25-17/h3-11H,1-2H3,(H,21,22). The minimum absolute atomic E-state index is 0.000562. The Bertz CT molecular complexity index is 872. The van der Waals surface area contributed by atoms with Crippen molar-refractivity contribution in [2.75, 3.05) is 7.11 Å². The number of fused-ring (bicyclic) bond motifs is 1. The molecule has 1 atom stereocenters. The number of methoxy groups -OCH3 is 1. The molecule has 2 aromatic rings. The third-order valence-electron chi connectivity index (χ3n) is 3.71. The highest BCUT2D eigenvalue weighted by Gasteiger charge is 2.25. The topological polar surface area (TPSA) is 72.8 Å². The molecule has 1 aliphatic rings. The molecule has 128 valence electrons. The lowest BCUT2D eigenvalue weighted by Gasteiger charge is -2.14. The molecule has 0 radical (unpaired) electrons. The number of carbonyl (C=O) groups excluding carboxylic acids is 1. The van der Waals surface area contributed by atoms with Gasteiger partial charge in [0.15, 0.2) is 17.6 Å². The SMILES string of the molecule is COc1cc(C=C2Sc3ccccc3C2=O)ccc1OC(C)C(=O)O. The molecule has 0 saturated carbocycles. The molecule has 1 unspecified atom stereocenters. The van der Waals surface area contributed by atoms with Crippen LogP contribution in [0.25, 0.3) is 6.08 Å². The lowest BCUT2D eigenvalue weighted by Crippen LogP contribution is -2.23. The van der Waals surface area contributed by atoms with Crippen molar-refractivity contribution in [2.45, 2.75) is 17.9 Å². The van der Waals surface area contributed by atoms with E-state index in [-0.39, 0.29) is 5.78 Å². The number of hydrogen-bond donors (Lipinski definition) is 1. The fourth-order valence-corrected chi connectivity index (χ4v) is 3.45. The van der Waals surface area contributed by atoms with Crippen molar-refractivity contribution >= 4 is 29.6 Å². The van der Waals surface area contributed by atoms with Crippen molar-refractivity contribution < 1.29 is 24.2 Å². The van der Waals surface area contributed by atoms with E-state index in [0.717, 1.165) is 10.5 Å². The monoisotopic (exact) mass is 356 g/mol. The van der Waals surface area contributed by atoms with Gasteiger partial charge in [-0.15, -0.1) is 0 Å². The zero-order valence-electron chi connectivity index (χ0n) is 13.7. The van der Waals surface area contributed by atoms with Crippen LogP contribution < -0.4 is 9.47 Å². The van der Waals surface area contributed by atoms with Crippen LogP contribution in [-0.2, 0) is 4.79 Å². The fraction of sp³-hybridized carbons (Fsp3) is 0.158. The zero-order valence-corrected chi connectivity index (χ0v) is 14.5. The molecule has 0 aliphatic carbocycles. The van der Waals surface area contributed by atoms with E-state index in [1.165, 1.54) is 25.8 Å². The van der Waals surface area contributed by atoms with E-state index in [1.807, 2.05) is 24.3 Å². The molecular weight excluding hydrogens is 340 g/mol. The van der Waals surface area contributed by atoms with Crippen molar-refractivity contribution in [1.29, 1.82) is 0 Å². The third kappa shape index (κ3) is 3.53. The van der Waals surface area contributed by atoms with Gasteiger partial charge in [0, 0.05) is 10.5 Å². The number of thioether (sulfide) groups is 1. The number of rotatable bonds is 5. The first kappa shape index (κ1) is 17.1. The minimum Gasteiger partial charge on any atom is -0.493 e. The van der Waals surface area contributed by atoms with Crippen LogP contribution in [0.3, 0.4) is 0 Å². The van der Waals surface area contributed by atoms with Crippen LogP contribution in [0, 0.1) is 0 Å². The van der Waals surface area contributed by atoms with Gasteiger partial charge in [-0.3, -0.25) is 4.79 Å². The predicted octanol–water partition coefficient (Wildman–Crippen LogP) is 3.88. The molecule has 0 bridgehead atoms. The van der Waals surface area contributed by atoms with Gasteiger partial charge in [-0.2, -0.15) is 0 Å². The molecule has 0 amide bonds. The number of Topliss-reactive ketones (excluding diaryl/α,β-unsaturated/α-hetero) is 1. The van der Waals surface area contributed by atoms with E-state index in [2.05, 4.69) is 0 Å². The first-order valence-electron chi connectivity index (χ1n) is 7.60. The summed E-state index contributed by atoms with van der Waals surface area (Å²) in [5, 5.41) is 8.95. The van der Waals surface area contributed by atoms with Crippen molar-refractivity contribution in [2.24, 2.45) is 0 Å². The van der Waals surface area contributed by atoms with Gasteiger partial charge >= 0.3 is 5.97 Å². The van der Waals surface area contributed by atoms with E-state index in [4.69, 9.17) is 14.6 Å². The molecule has 25 heavy (non-hydrogen) atoms. The molecule has 1 aliphatic heterocycles. The van der Waals surface area contributed by atoms with Crippen LogP contribution in [0.2, 0.25) is 0 Å². The molecule has 2 aromatic carbocycles. The maximum absolute atomic E-state index is 12.4. The Hall–Kier alpha value is -2.73. The van der Waals surface area contributed by atoms with Crippen LogP contribution in [0.1, 0.15) is 22.8 Å². The van der Waals surface area contributed by atoms with E-state index >= 15 is 0 Å². The predicted molar refractivity (Wildman–Crippen MR) is 95.3 cm³/mol. The Morgan fingerprint density at radius 1 is 1.20 bits per heavy atom. The van der Waals surface area contributed by atoms with Crippen molar-refractivity contribution in [1.82, 2.24) is 0 Å². The summed E-state index contributed by atoms with van der Waals surface area (Å²) < 4.78 is 10.7. The number of allylic oxidation sites excluding steroid dienone is 1. The van der Waals surface area contributed by atoms with Gasteiger partial charge in [0.25, 0.3) is 0 Å². The first-order chi connectivity index (χ1) is 12.0. The Morgan fingerprint density at radius 3 is 2.64 bits per heavy atom. The van der Waals surface area contributed by atoms with Crippen LogP contribution in [0.5, 0.6) is 11.5 Å². The molecule has 0 saturated heterocycles. The summed E-state index contributed by atoms with van der Waals surface area (Å²) in [6.07, 6.45) is 0.805. The zero-order chi connectivity index (χ0) is 18.0. The van der Waals surface area contributed by atoms with Gasteiger partial charge in [-0.25, -0.2) is 4.79 Å². The Labute approximate surface area is 149 Å². The Kier molecular flexibility index (Phi) is 4.81. The Morgan fingerprint density at radius 2 is 1.96 bits per heavy atom. The summed E-state index contributed by atoms with van der Waals surface area (Å²) in [6, 6.07) is 12.6. The molecule has 3 rings (SSSR count). The molecule has 1 N–H and O–H groups in total. The van der Waals surface area contributed by atoms with Gasteiger partial charge in [0.2, 0.25) is 5.78 Å². The van der Waals surface area contributed by atoms with Gasteiger partial charge in [-0.1, -0.05) is 30.0 Å². The van der Waals surface area contributed by atoms with Gasteiger partial charge in [-0.05, 0) is 42.8 Å². The highest BCUT2D eigenvalue weighted by Crippen LogP contribution is 2.41. The summed E-state index contributed by atoms with van der Waals surface area (Å²) in [6.45, 7) is 1.45. The van der Waals surface area contributed by atoms with E-state index < -0.39 is 12.1 Å². The van der Waals surface area contributed by atoms with Gasteiger partial charge < -0.3 is 14.6 Å². The first-order valence-corrected chi connectivity index (χ1v) is 8.42. The quantitative estimate of drug-likeness (QED) is 0.820. The molecule has 1 heterocycles. The van der Waals surface area contributed by atoms with Crippen LogP contribution in [0.15, 0.2) is 52.3 Å². The lowest BCUT2D eigenvalue weighted by atomic mass is 10.1. The Balaban J connectivity index is 1.87. The number of ether oxygens (including phenoxy) is 2. The number of carboxylic acid groups (broad SMARTS) is 1. The molecule has 5 nitrogen and oxygen atoms in total. The normalized spacial score (nSPS) is 15.8. The number of aliphatic carboxylic acids is 1. The molecule has 6 heteroatoms. The second-order valence-electron chi connectivity index (χ2n) is 5.44. The highest BCUT2D eigenvalue weighted by molar-refractivity contribution is 8.04. The maximum atomic E-state index is 12.4. The molecular formula is C19H16O5S. The van der Waals surface area contributed by atoms with Gasteiger partial charge in [0.05, 0.1) is 12.0 Å². The summed E-state index contributed by atoms with van der Waals surface area (Å²) in [5.74, 6) is -0.304.